The molecule has 0 saturated heterocycles. The molecular formula is C48H31N. The van der Waals surface area contributed by atoms with Crippen LogP contribution < -0.4 is 0 Å². The first-order chi connectivity index (χ1) is 24.3. The Morgan fingerprint density at radius 3 is 1.41 bits per heavy atom. The highest BCUT2D eigenvalue weighted by atomic mass is 15.0. The van der Waals surface area contributed by atoms with Crippen LogP contribution in [0.4, 0.5) is 0 Å². The Hall–Kier alpha value is -6.44. The van der Waals surface area contributed by atoms with Crippen molar-refractivity contribution in [3.8, 4) is 39.1 Å². The standard InChI is InChI=1S/C48H31N/c1-2-9-32(10-3-1)38-24-27-47-44(30-38)45-31-39(25-28-48(45)49(47)46-16-8-13-35-11-5-7-15-43(35)46)34-19-17-33(18-20-34)37-23-26-42-40(29-37)22-21-36-12-4-6-14-41(36)42/h1-31H. The molecular weight excluding hydrogens is 591 g/mol. The molecule has 0 bridgehead atoms. The van der Waals surface area contributed by atoms with Gasteiger partial charge in [0.1, 0.15) is 0 Å². The van der Waals surface area contributed by atoms with Gasteiger partial charge in [-0.25, -0.2) is 0 Å². The fraction of sp³-hybridized carbons (Fsp3) is 0. The van der Waals surface area contributed by atoms with E-state index in [4.69, 9.17) is 0 Å². The quantitative estimate of drug-likeness (QED) is 0.172. The lowest BCUT2D eigenvalue weighted by Crippen LogP contribution is -1.95. The van der Waals surface area contributed by atoms with Crippen molar-refractivity contribution in [2.24, 2.45) is 0 Å². The molecule has 1 heterocycles. The topological polar surface area (TPSA) is 4.93 Å². The van der Waals surface area contributed by atoms with Gasteiger partial charge in [0.25, 0.3) is 0 Å². The molecule has 49 heavy (non-hydrogen) atoms. The van der Waals surface area contributed by atoms with E-state index in [-0.39, 0.29) is 0 Å². The third kappa shape index (κ3) is 4.55. The predicted molar refractivity (Wildman–Crippen MR) is 210 cm³/mol. The Kier molecular flexibility index (Phi) is 6.25. The van der Waals surface area contributed by atoms with Crippen molar-refractivity contribution in [3.63, 3.8) is 0 Å². The van der Waals surface area contributed by atoms with Gasteiger partial charge in [-0.05, 0) is 96.7 Å². The van der Waals surface area contributed by atoms with Gasteiger partial charge in [0, 0.05) is 16.2 Å². The highest BCUT2D eigenvalue weighted by Crippen LogP contribution is 2.39. The highest BCUT2D eigenvalue weighted by Gasteiger charge is 2.16. The predicted octanol–water partition coefficient (Wildman–Crippen LogP) is 13.2. The van der Waals surface area contributed by atoms with E-state index in [1.807, 2.05) is 0 Å². The summed E-state index contributed by atoms with van der Waals surface area (Å²) in [5.74, 6) is 0. The van der Waals surface area contributed by atoms with Crippen molar-refractivity contribution < 1.29 is 0 Å². The van der Waals surface area contributed by atoms with E-state index in [1.165, 1.54) is 93.2 Å². The summed E-state index contributed by atoms with van der Waals surface area (Å²) in [6, 6.07) is 68.8. The second-order valence-electron chi connectivity index (χ2n) is 13.0. The molecule has 0 fully saturated rings. The summed E-state index contributed by atoms with van der Waals surface area (Å²) >= 11 is 0. The average molecular weight is 622 g/mol. The number of benzene rings is 9. The molecule has 0 N–H and O–H groups in total. The molecule has 0 saturated carbocycles. The molecule has 1 nitrogen and oxygen atoms in total. The van der Waals surface area contributed by atoms with E-state index in [0.29, 0.717) is 0 Å². The number of rotatable bonds is 4. The second kappa shape index (κ2) is 11.1. The molecule has 1 aromatic heterocycles. The Morgan fingerprint density at radius 1 is 0.245 bits per heavy atom. The van der Waals surface area contributed by atoms with Crippen molar-refractivity contribution in [3.05, 3.63) is 188 Å². The molecule has 0 atom stereocenters. The van der Waals surface area contributed by atoms with E-state index < -0.39 is 0 Å². The minimum Gasteiger partial charge on any atom is -0.309 e. The fourth-order valence-electron chi connectivity index (χ4n) is 7.72. The fourth-order valence-corrected chi connectivity index (χ4v) is 7.72. The number of fused-ring (bicyclic) bond motifs is 7. The molecule has 0 radical (unpaired) electrons. The smallest absolute Gasteiger partial charge is 0.0541 e. The van der Waals surface area contributed by atoms with Crippen molar-refractivity contribution in [1.82, 2.24) is 4.57 Å². The second-order valence-corrected chi connectivity index (χ2v) is 13.0. The Labute approximate surface area is 284 Å². The molecule has 0 aliphatic rings. The molecule has 0 spiro atoms. The zero-order valence-electron chi connectivity index (χ0n) is 26.8. The van der Waals surface area contributed by atoms with E-state index in [9.17, 15) is 0 Å². The maximum atomic E-state index is 2.44. The number of hydrogen-bond acceptors (Lipinski definition) is 0. The largest absolute Gasteiger partial charge is 0.309 e. The SMILES string of the molecule is c1ccc(-c2ccc3c(c2)c2cc(-c4ccc(-c5ccc6c(ccc7ccccc76)c5)cc4)ccc2n3-c2cccc3ccccc23)cc1. The number of hydrogen-bond donors (Lipinski definition) is 0. The van der Waals surface area contributed by atoms with Gasteiger partial charge >= 0.3 is 0 Å². The average Bonchev–Trinajstić information content (AvgIpc) is 3.50. The lowest BCUT2D eigenvalue weighted by Gasteiger charge is -2.12. The molecule has 9 aromatic carbocycles. The van der Waals surface area contributed by atoms with Crippen LogP contribution in [0.25, 0.3) is 93.2 Å². The monoisotopic (exact) mass is 621 g/mol. The number of nitrogens with zero attached hydrogens (tertiary/aromatic N) is 1. The van der Waals surface area contributed by atoms with Crippen molar-refractivity contribution in [1.29, 1.82) is 0 Å². The summed E-state index contributed by atoms with van der Waals surface area (Å²) in [4.78, 5) is 0. The first kappa shape index (κ1) is 27.7. The van der Waals surface area contributed by atoms with Crippen LogP contribution >= 0.6 is 0 Å². The van der Waals surface area contributed by atoms with Gasteiger partial charge in [-0.3, -0.25) is 0 Å². The molecule has 0 unspecified atom stereocenters. The van der Waals surface area contributed by atoms with Crippen molar-refractivity contribution >= 4 is 54.1 Å². The normalized spacial score (nSPS) is 11.7. The minimum atomic E-state index is 1.20. The molecule has 10 aromatic rings. The molecule has 0 aliphatic carbocycles. The lowest BCUT2D eigenvalue weighted by molar-refractivity contribution is 1.20. The maximum Gasteiger partial charge on any atom is 0.0541 e. The van der Waals surface area contributed by atoms with E-state index in [2.05, 4.69) is 193 Å². The number of aromatic nitrogens is 1. The van der Waals surface area contributed by atoms with Crippen molar-refractivity contribution in [2.75, 3.05) is 0 Å². The van der Waals surface area contributed by atoms with Crippen LogP contribution in [-0.4, -0.2) is 4.57 Å². The van der Waals surface area contributed by atoms with Crippen LogP contribution in [0, 0.1) is 0 Å². The zero-order chi connectivity index (χ0) is 32.3. The maximum absolute atomic E-state index is 2.44. The van der Waals surface area contributed by atoms with Crippen LogP contribution in [0.5, 0.6) is 0 Å². The zero-order valence-corrected chi connectivity index (χ0v) is 26.8. The van der Waals surface area contributed by atoms with Gasteiger partial charge in [-0.2, -0.15) is 0 Å². The Bertz CT molecular complexity index is 2850. The molecule has 10 rings (SSSR count). The van der Waals surface area contributed by atoms with Crippen LogP contribution in [0.2, 0.25) is 0 Å². The minimum absolute atomic E-state index is 1.20. The van der Waals surface area contributed by atoms with Gasteiger partial charge in [0.15, 0.2) is 0 Å². The third-order valence-corrected chi connectivity index (χ3v) is 10.2. The summed E-state index contributed by atoms with van der Waals surface area (Å²) in [6.45, 7) is 0. The third-order valence-electron chi connectivity index (χ3n) is 10.2. The van der Waals surface area contributed by atoms with Crippen LogP contribution in [-0.2, 0) is 0 Å². The van der Waals surface area contributed by atoms with Gasteiger partial charge in [0.05, 0.1) is 16.7 Å². The van der Waals surface area contributed by atoms with Gasteiger partial charge < -0.3 is 4.57 Å². The molecule has 228 valence electrons. The first-order valence-corrected chi connectivity index (χ1v) is 16.9. The van der Waals surface area contributed by atoms with Gasteiger partial charge in [-0.15, -0.1) is 0 Å². The molecule has 0 amide bonds. The van der Waals surface area contributed by atoms with Crippen molar-refractivity contribution in [2.45, 2.75) is 0 Å². The summed E-state index contributed by atoms with van der Waals surface area (Å²) < 4.78 is 2.44. The molecule has 1 heteroatoms. The summed E-state index contributed by atoms with van der Waals surface area (Å²) in [6.07, 6.45) is 0. The van der Waals surface area contributed by atoms with Gasteiger partial charge in [-0.1, -0.05) is 152 Å². The van der Waals surface area contributed by atoms with Crippen LogP contribution in [0.15, 0.2) is 188 Å². The lowest BCUT2D eigenvalue weighted by atomic mass is 9.96. The van der Waals surface area contributed by atoms with Crippen LogP contribution in [0.3, 0.4) is 0 Å². The van der Waals surface area contributed by atoms with Crippen LogP contribution in [0.1, 0.15) is 0 Å². The van der Waals surface area contributed by atoms with E-state index >= 15 is 0 Å². The Balaban J connectivity index is 1.11. The molecule has 0 aliphatic heterocycles. The van der Waals surface area contributed by atoms with Gasteiger partial charge in [0.2, 0.25) is 0 Å². The summed E-state index contributed by atoms with van der Waals surface area (Å²) in [5.41, 5.74) is 11.0. The Morgan fingerprint density at radius 2 is 0.714 bits per heavy atom. The summed E-state index contributed by atoms with van der Waals surface area (Å²) in [5, 5.41) is 10.1. The summed E-state index contributed by atoms with van der Waals surface area (Å²) in [7, 11) is 0. The van der Waals surface area contributed by atoms with E-state index in [1.54, 1.807) is 0 Å². The first-order valence-electron chi connectivity index (χ1n) is 16.9. The highest BCUT2D eigenvalue weighted by molar-refractivity contribution is 6.13. The van der Waals surface area contributed by atoms with E-state index in [0.717, 1.165) is 0 Å².